The molecule has 9 nitrogen and oxygen atoms in total. The van der Waals surface area contributed by atoms with Crippen LogP contribution in [-0.2, 0) is 9.47 Å². The van der Waals surface area contributed by atoms with Crippen LogP contribution in [0.25, 0.3) is 10.9 Å². The van der Waals surface area contributed by atoms with Crippen molar-refractivity contribution in [2.75, 3.05) is 25.1 Å². The number of nitrogens with one attached hydrogen (secondary N) is 1. The second-order valence-corrected chi connectivity index (χ2v) is 7.96. The molecule has 2 atom stereocenters. The van der Waals surface area contributed by atoms with Crippen molar-refractivity contribution in [3.05, 3.63) is 64.5 Å². The average molecular weight is 453 g/mol. The third kappa shape index (κ3) is 5.94. The molecule has 174 valence electrons. The van der Waals surface area contributed by atoms with E-state index in [0.717, 1.165) is 31.4 Å². The zero-order valence-electron chi connectivity index (χ0n) is 18.6. The lowest BCUT2D eigenvalue weighted by molar-refractivity contribution is -0.385. The quantitative estimate of drug-likeness (QED) is 0.259. The van der Waals surface area contributed by atoms with Gasteiger partial charge in [0.15, 0.2) is 12.0 Å². The van der Waals surface area contributed by atoms with E-state index in [4.69, 9.17) is 14.2 Å². The van der Waals surface area contributed by atoms with Crippen molar-refractivity contribution in [2.24, 2.45) is 0 Å². The molecule has 0 radical (unpaired) electrons. The van der Waals surface area contributed by atoms with E-state index in [1.165, 1.54) is 12.4 Å². The molecule has 0 bridgehead atoms. The normalized spacial score (nSPS) is 16.9. The molecule has 0 spiro atoms. The number of benzene rings is 2. The zero-order valence-corrected chi connectivity index (χ0v) is 18.6. The summed E-state index contributed by atoms with van der Waals surface area (Å²) < 4.78 is 17.0. The predicted octanol–water partition coefficient (Wildman–Crippen LogP) is 5.02. The van der Waals surface area contributed by atoms with Gasteiger partial charge in [0.2, 0.25) is 0 Å². The number of anilines is 1. The van der Waals surface area contributed by atoms with Gasteiger partial charge in [-0.25, -0.2) is 9.97 Å². The number of hydrogen-bond donors (Lipinski definition) is 1. The fourth-order valence-corrected chi connectivity index (χ4v) is 3.77. The second-order valence-electron chi connectivity index (χ2n) is 7.96. The van der Waals surface area contributed by atoms with Crippen LogP contribution < -0.4 is 10.1 Å². The lowest BCUT2D eigenvalue weighted by Crippen LogP contribution is -2.23. The van der Waals surface area contributed by atoms with E-state index >= 15 is 0 Å². The first kappa shape index (κ1) is 22.9. The number of ether oxygens (including phenoxy) is 3. The predicted molar refractivity (Wildman–Crippen MR) is 124 cm³/mol. The molecule has 0 amide bonds. The number of nitrogens with zero attached hydrogens (tertiary/aromatic N) is 3. The molecular weight excluding hydrogens is 424 g/mol. The minimum Gasteiger partial charge on any atom is -0.487 e. The van der Waals surface area contributed by atoms with E-state index in [9.17, 15) is 10.1 Å². The summed E-state index contributed by atoms with van der Waals surface area (Å²) >= 11 is 0. The van der Waals surface area contributed by atoms with Gasteiger partial charge in [-0.1, -0.05) is 30.3 Å². The number of hydrogen-bond acceptors (Lipinski definition) is 8. The Morgan fingerprint density at radius 3 is 2.82 bits per heavy atom. The molecule has 1 unspecified atom stereocenters. The largest absolute Gasteiger partial charge is 0.487 e. The number of nitro groups is 1. The van der Waals surface area contributed by atoms with Crippen LogP contribution in [0.4, 0.5) is 11.5 Å². The van der Waals surface area contributed by atoms with Crippen molar-refractivity contribution in [2.45, 2.75) is 44.9 Å². The lowest BCUT2D eigenvalue weighted by Gasteiger charge is -2.22. The molecule has 2 aromatic carbocycles. The summed E-state index contributed by atoms with van der Waals surface area (Å²) in [6, 6.07) is 12.9. The Hall–Kier alpha value is -3.30. The van der Waals surface area contributed by atoms with E-state index in [1.807, 2.05) is 37.3 Å². The molecule has 1 N–H and O–H groups in total. The van der Waals surface area contributed by atoms with Crippen LogP contribution in [-0.4, -0.2) is 41.0 Å². The summed E-state index contributed by atoms with van der Waals surface area (Å²) in [5.74, 6) is 0.717. The molecule has 1 saturated heterocycles. The van der Waals surface area contributed by atoms with Crippen LogP contribution in [0, 0.1) is 10.1 Å². The third-order valence-corrected chi connectivity index (χ3v) is 5.55. The third-order valence-electron chi connectivity index (χ3n) is 5.55. The molecular formula is C24H28N4O5. The van der Waals surface area contributed by atoms with Gasteiger partial charge in [-0.05, 0) is 31.7 Å². The number of nitro benzene ring substituents is 1. The van der Waals surface area contributed by atoms with Gasteiger partial charge in [-0.3, -0.25) is 10.1 Å². The second kappa shape index (κ2) is 11.0. The van der Waals surface area contributed by atoms with Gasteiger partial charge in [-0.2, -0.15) is 0 Å². The van der Waals surface area contributed by atoms with Crippen molar-refractivity contribution in [3.63, 3.8) is 0 Å². The Balaban J connectivity index is 1.45. The topological polar surface area (TPSA) is 109 Å². The Bertz CT molecular complexity index is 1070. The van der Waals surface area contributed by atoms with Crippen molar-refractivity contribution >= 4 is 22.4 Å². The Morgan fingerprint density at radius 1 is 1.21 bits per heavy atom. The van der Waals surface area contributed by atoms with Gasteiger partial charge < -0.3 is 19.5 Å². The molecule has 0 aliphatic carbocycles. The smallest absolute Gasteiger partial charge is 0.311 e. The molecule has 1 aromatic heterocycles. The van der Waals surface area contributed by atoms with Crippen LogP contribution in [0.1, 0.15) is 44.2 Å². The van der Waals surface area contributed by atoms with Crippen molar-refractivity contribution in [3.8, 4) is 5.75 Å². The molecule has 9 heteroatoms. The van der Waals surface area contributed by atoms with E-state index < -0.39 is 4.92 Å². The lowest BCUT2D eigenvalue weighted by atomic mass is 10.1. The highest BCUT2D eigenvalue weighted by Gasteiger charge is 2.20. The van der Waals surface area contributed by atoms with Crippen LogP contribution in [0.2, 0.25) is 0 Å². The Kier molecular flexibility index (Phi) is 7.64. The van der Waals surface area contributed by atoms with E-state index in [0.29, 0.717) is 36.4 Å². The van der Waals surface area contributed by atoms with Crippen LogP contribution in [0.15, 0.2) is 48.8 Å². The fraction of sp³-hybridized carbons (Fsp3) is 0.417. The molecule has 1 fully saturated rings. The number of aromatic nitrogens is 2. The first-order chi connectivity index (χ1) is 16.1. The minimum atomic E-state index is -0.446. The number of rotatable bonds is 10. The molecule has 4 rings (SSSR count). The number of fused-ring (bicyclic) bond motifs is 1. The molecule has 1 aliphatic heterocycles. The maximum Gasteiger partial charge on any atom is 0.311 e. The maximum atomic E-state index is 11.7. The first-order valence-corrected chi connectivity index (χ1v) is 11.2. The summed E-state index contributed by atoms with van der Waals surface area (Å²) in [7, 11) is 0. The van der Waals surface area contributed by atoms with E-state index in [2.05, 4.69) is 15.3 Å². The van der Waals surface area contributed by atoms with Gasteiger partial charge in [0.05, 0.1) is 23.7 Å². The highest BCUT2D eigenvalue weighted by molar-refractivity contribution is 5.92. The van der Waals surface area contributed by atoms with Crippen molar-refractivity contribution < 1.29 is 19.1 Å². The maximum absolute atomic E-state index is 11.7. The summed E-state index contributed by atoms with van der Waals surface area (Å²) in [6.07, 6.45) is 4.95. The van der Waals surface area contributed by atoms with E-state index in [-0.39, 0.29) is 23.8 Å². The van der Waals surface area contributed by atoms with E-state index in [1.54, 1.807) is 6.07 Å². The zero-order chi connectivity index (χ0) is 23.0. The van der Waals surface area contributed by atoms with Crippen LogP contribution in [0.3, 0.4) is 0 Å². The van der Waals surface area contributed by atoms with Crippen LogP contribution >= 0.6 is 0 Å². The minimum absolute atomic E-state index is 0.0348. The van der Waals surface area contributed by atoms with Gasteiger partial charge >= 0.3 is 5.69 Å². The molecule has 0 saturated carbocycles. The average Bonchev–Trinajstić information content (AvgIpc) is 2.84. The molecule has 2 heterocycles. The van der Waals surface area contributed by atoms with Crippen LogP contribution in [0.5, 0.6) is 5.75 Å². The first-order valence-electron chi connectivity index (χ1n) is 11.2. The monoisotopic (exact) mass is 452 g/mol. The molecule has 33 heavy (non-hydrogen) atoms. The summed E-state index contributed by atoms with van der Waals surface area (Å²) in [4.78, 5) is 19.9. The fourth-order valence-electron chi connectivity index (χ4n) is 3.77. The van der Waals surface area contributed by atoms with Gasteiger partial charge in [0, 0.05) is 36.6 Å². The Morgan fingerprint density at radius 2 is 2.06 bits per heavy atom. The highest BCUT2D eigenvalue weighted by Crippen LogP contribution is 2.34. The summed E-state index contributed by atoms with van der Waals surface area (Å²) in [5.41, 5.74) is 1.53. The Labute approximate surface area is 192 Å². The van der Waals surface area contributed by atoms with Crippen molar-refractivity contribution in [1.82, 2.24) is 9.97 Å². The highest BCUT2D eigenvalue weighted by atomic mass is 16.7. The SMILES string of the molecule is C[C@@H](Nc1ncnc2cc(OCCCOC3CCCCO3)c([N+](=O)[O-])cc12)c1ccccc1. The molecule has 3 aromatic rings. The van der Waals surface area contributed by atoms with Crippen molar-refractivity contribution in [1.29, 1.82) is 0 Å². The van der Waals surface area contributed by atoms with Gasteiger partial charge in [-0.15, -0.1) is 0 Å². The van der Waals surface area contributed by atoms with Gasteiger partial charge in [0.1, 0.15) is 12.1 Å². The molecule has 1 aliphatic rings. The van der Waals surface area contributed by atoms with Gasteiger partial charge in [0.25, 0.3) is 0 Å². The summed E-state index contributed by atoms with van der Waals surface area (Å²) in [5, 5.41) is 15.6. The standard InChI is InChI=1S/C24H28N4O5/c1-17(18-8-3-2-4-9-18)27-24-19-14-21(28(29)30)22(15-20(19)25-16-26-24)31-12-7-13-33-23-10-5-6-11-32-23/h2-4,8-9,14-17,23H,5-7,10-13H2,1H3,(H,25,26,27)/t17-,23?/m1/s1. The summed E-state index contributed by atoms with van der Waals surface area (Å²) in [6.45, 7) is 3.50.